The Morgan fingerprint density at radius 1 is 0.615 bits per heavy atom. The van der Waals surface area contributed by atoms with E-state index in [1.165, 1.54) is 0 Å². The van der Waals surface area contributed by atoms with Crippen molar-refractivity contribution in [3.8, 4) is 0 Å². The van der Waals surface area contributed by atoms with Gasteiger partial charge in [0.05, 0.1) is 0 Å². The zero-order valence-electron chi connectivity index (χ0n) is 7.77. The largest absolute Gasteiger partial charge is 0.0990 e. The van der Waals surface area contributed by atoms with E-state index in [0.717, 1.165) is 0 Å². The minimum absolute atomic E-state index is 1.74. The predicted molar refractivity (Wildman–Crippen MR) is 61.3 cm³/mol. The molecule has 0 atom stereocenters. The molecule has 0 aromatic heterocycles. The second kappa shape index (κ2) is 10.3. The van der Waals surface area contributed by atoms with E-state index in [1.807, 2.05) is 55.0 Å². The molecule has 0 spiro atoms. The molecular weight excluding hydrogens is 156 g/mol. The van der Waals surface area contributed by atoms with Crippen LogP contribution in [0.5, 0.6) is 0 Å². The second-order valence-corrected chi connectivity index (χ2v) is 2.20. The van der Waals surface area contributed by atoms with E-state index in [4.69, 9.17) is 0 Å². The molecule has 0 heterocycles. The summed E-state index contributed by atoms with van der Waals surface area (Å²) in [4.78, 5) is 0. The standard InChI is InChI=1S/C13H15/c1-3-5-7-9-11-13-12-10-8-6-4-2/h3-13H,1-2H2/q+1/b7-5+,8-6+,11-9+,12-10+. The van der Waals surface area contributed by atoms with Crippen LogP contribution in [0.15, 0.2) is 73.9 Å². The smallest absolute Gasteiger partial charge is 0.0466 e. The van der Waals surface area contributed by atoms with Crippen LogP contribution in [0.25, 0.3) is 0 Å². The number of hydrogen-bond acceptors (Lipinski definition) is 0. The summed E-state index contributed by atoms with van der Waals surface area (Å²) in [6, 6.07) is 0. The molecule has 0 rings (SSSR count). The van der Waals surface area contributed by atoms with Crippen molar-refractivity contribution in [2.24, 2.45) is 0 Å². The Morgan fingerprint density at radius 2 is 1.08 bits per heavy atom. The summed E-state index contributed by atoms with van der Waals surface area (Å²) < 4.78 is 0. The molecule has 0 unspecified atom stereocenters. The zero-order chi connectivity index (χ0) is 9.78. The van der Waals surface area contributed by atoms with Gasteiger partial charge in [-0.1, -0.05) is 25.3 Å². The Labute approximate surface area is 81.0 Å². The molecule has 0 aromatic rings. The van der Waals surface area contributed by atoms with Crippen molar-refractivity contribution < 1.29 is 0 Å². The monoisotopic (exact) mass is 171 g/mol. The van der Waals surface area contributed by atoms with Crippen LogP contribution in [-0.4, -0.2) is 0 Å². The molecule has 0 radical (unpaired) electrons. The van der Waals surface area contributed by atoms with E-state index in [1.54, 1.807) is 12.2 Å². The van der Waals surface area contributed by atoms with Gasteiger partial charge in [-0.2, -0.15) is 0 Å². The van der Waals surface area contributed by atoms with Crippen LogP contribution in [0.4, 0.5) is 0 Å². The molecule has 0 aliphatic heterocycles. The summed E-state index contributed by atoms with van der Waals surface area (Å²) in [7, 11) is 0. The van der Waals surface area contributed by atoms with Gasteiger partial charge in [-0.25, -0.2) is 0 Å². The Bertz CT molecular complexity index is 211. The molecule has 0 heteroatoms. The van der Waals surface area contributed by atoms with Gasteiger partial charge in [-0.15, -0.1) is 0 Å². The third-order valence-electron chi connectivity index (χ3n) is 1.16. The topological polar surface area (TPSA) is 0 Å². The minimum Gasteiger partial charge on any atom is -0.0990 e. The van der Waals surface area contributed by atoms with Gasteiger partial charge in [-0.3, -0.25) is 0 Å². The van der Waals surface area contributed by atoms with Crippen LogP contribution in [0.2, 0.25) is 0 Å². The third kappa shape index (κ3) is 10.3. The maximum Gasteiger partial charge on any atom is 0.0466 e. The lowest BCUT2D eigenvalue weighted by molar-refractivity contribution is 1.72. The first kappa shape index (κ1) is 11.3. The summed E-state index contributed by atoms with van der Waals surface area (Å²) in [5.74, 6) is 0. The van der Waals surface area contributed by atoms with Crippen LogP contribution in [0.1, 0.15) is 0 Å². The summed E-state index contributed by atoms with van der Waals surface area (Å²) in [6.07, 6.45) is 20.9. The Hall–Kier alpha value is -1.69. The SMILES string of the molecule is C=C/C=C/C=C/[CH+]/C=C/C=C/C=C. The highest BCUT2D eigenvalue weighted by Crippen LogP contribution is 1.86. The van der Waals surface area contributed by atoms with Crippen LogP contribution < -0.4 is 0 Å². The quantitative estimate of drug-likeness (QED) is 0.421. The number of hydrogen-bond donors (Lipinski definition) is 0. The van der Waals surface area contributed by atoms with Gasteiger partial charge in [0.1, 0.15) is 0 Å². The molecule has 0 aliphatic carbocycles. The van der Waals surface area contributed by atoms with Crippen molar-refractivity contribution in [1.29, 1.82) is 0 Å². The van der Waals surface area contributed by atoms with E-state index in [9.17, 15) is 0 Å². The molecule has 0 aromatic carbocycles. The molecule has 0 N–H and O–H groups in total. The molecule has 0 amide bonds. The number of rotatable bonds is 6. The van der Waals surface area contributed by atoms with Gasteiger partial charge in [0, 0.05) is 30.7 Å². The van der Waals surface area contributed by atoms with Gasteiger partial charge in [0.2, 0.25) is 0 Å². The first-order valence-corrected chi connectivity index (χ1v) is 4.15. The average Bonchev–Trinajstić information content (AvgIpc) is 2.16. The molecule has 0 saturated carbocycles. The first-order chi connectivity index (χ1) is 6.41. The molecular formula is C13H15+. The maximum absolute atomic E-state index is 3.56. The fourth-order valence-electron chi connectivity index (χ4n) is 0.606. The van der Waals surface area contributed by atoms with Gasteiger partial charge >= 0.3 is 0 Å². The molecule has 0 fully saturated rings. The maximum atomic E-state index is 3.56. The molecule has 0 bridgehead atoms. The lowest BCUT2D eigenvalue weighted by Crippen LogP contribution is -1.58. The summed E-state index contributed by atoms with van der Waals surface area (Å²) in [5.41, 5.74) is 0. The Balaban J connectivity index is 3.54. The summed E-state index contributed by atoms with van der Waals surface area (Å²) in [5, 5.41) is 0. The van der Waals surface area contributed by atoms with E-state index >= 15 is 0 Å². The summed E-state index contributed by atoms with van der Waals surface area (Å²) >= 11 is 0. The highest BCUT2D eigenvalue weighted by atomic mass is 13.7. The predicted octanol–water partition coefficient (Wildman–Crippen LogP) is 3.79. The van der Waals surface area contributed by atoms with Gasteiger partial charge in [-0.05, 0) is 24.3 Å². The van der Waals surface area contributed by atoms with Gasteiger partial charge < -0.3 is 0 Å². The van der Waals surface area contributed by atoms with Gasteiger partial charge in [0.15, 0.2) is 0 Å². The fourth-order valence-corrected chi connectivity index (χ4v) is 0.606. The van der Waals surface area contributed by atoms with Crippen LogP contribution >= 0.6 is 0 Å². The Morgan fingerprint density at radius 3 is 1.46 bits per heavy atom. The van der Waals surface area contributed by atoms with Crippen LogP contribution in [0, 0.1) is 6.42 Å². The average molecular weight is 171 g/mol. The van der Waals surface area contributed by atoms with E-state index in [0.29, 0.717) is 0 Å². The van der Waals surface area contributed by atoms with Crippen molar-refractivity contribution in [2.45, 2.75) is 0 Å². The van der Waals surface area contributed by atoms with E-state index in [2.05, 4.69) is 13.2 Å². The highest BCUT2D eigenvalue weighted by Gasteiger charge is 1.75. The van der Waals surface area contributed by atoms with Crippen LogP contribution in [0.3, 0.4) is 0 Å². The number of allylic oxidation sites excluding steroid dienone is 10. The molecule has 0 saturated heterocycles. The highest BCUT2D eigenvalue weighted by molar-refractivity contribution is 5.19. The van der Waals surface area contributed by atoms with Crippen molar-refractivity contribution in [3.63, 3.8) is 0 Å². The zero-order valence-corrected chi connectivity index (χ0v) is 7.77. The van der Waals surface area contributed by atoms with Crippen molar-refractivity contribution >= 4 is 0 Å². The molecule has 0 aliphatic rings. The molecule has 13 heavy (non-hydrogen) atoms. The minimum atomic E-state index is 1.74. The lowest BCUT2D eigenvalue weighted by atomic mass is 10.3. The fraction of sp³-hybridized carbons (Fsp3) is 0. The normalized spacial score (nSPS) is 12.0. The second-order valence-electron chi connectivity index (χ2n) is 2.20. The van der Waals surface area contributed by atoms with E-state index < -0.39 is 0 Å². The van der Waals surface area contributed by atoms with Crippen molar-refractivity contribution in [3.05, 3.63) is 80.3 Å². The van der Waals surface area contributed by atoms with E-state index in [-0.39, 0.29) is 0 Å². The van der Waals surface area contributed by atoms with Crippen molar-refractivity contribution in [1.82, 2.24) is 0 Å². The first-order valence-electron chi connectivity index (χ1n) is 4.15. The van der Waals surface area contributed by atoms with Crippen molar-refractivity contribution in [2.75, 3.05) is 0 Å². The Kier molecular flexibility index (Phi) is 8.97. The lowest BCUT2D eigenvalue weighted by Gasteiger charge is -1.70. The van der Waals surface area contributed by atoms with Gasteiger partial charge in [0.25, 0.3) is 0 Å². The van der Waals surface area contributed by atoms with Crippen LogP contribution in [-0.2, 0) is 0 Å². The molecule has 0 nitrogen and oxygen atoms in total. The molecule has 66 valence electrons. The summed E-state index contributed by atoms with van der Waals surface area (Å²) in [6.45, 7) is 7.13. The third-order valence-corrected chi connectivity index (χ3v) is 1.16.